The molecule has 1 aliphatic carbocycles. The number of carbonyl (C=O) groups is 1. The Morgan fingerprint density at radius 2 is 2.12 bits per heavy atom. The molecule has 0 atom stereocenters. The molecule has 0 saturated heterocycles. The molecule has 1 amide bonds. The number of hydrogen-bond donors (Lipinski definition) is 2. The largest absolute Gasteiger partial charge is 0.345 e. The average molecular weight is 218 g/mol. The molecule has 0 aliphatic heterocycles. The number of nitrogens with two attached hydrogens (primary N) is 1. The van der Waals surface area contributed by atoms with Crippen LogP contribution in [0.3, 0.4) is 0 Å². The molecule has 0 bridgehead atoms. The third-order valence-electron chi connectivity index (χ3n) is 3.27. The van der Waals surface area contributed by atoms with Gasteiger partial charge in [-0.25, -0.2) is 0 Å². The topological polar surface area (TPSA) is 55.1 Å². The van der Waals surface area contributed by atoms with E-state index in [0.29, 0.717) is 6.54 Å². The Morgan fingerprint density at radius 3 is 2.69 bits per heavy atom. The minimum atomic E-state index is -0.113. The first-order chi connectivity index (χ1) is 7.71. The van der Waals surface area contributed by atoms with Crippen molar-refractivity contribution in [3.05, 3.63) is 35.4 Å². The van der Waals surface area contributed by atoms with Crippen LogP contribution in [0.5, 0.6) is 0 Å². The molecule has 3 N–H and O–H groups in total. The van der Waals surface area contributed by atoms with Gasteiger partial charge in [-0.1, -0.05) is 25.1 Å². The van der Waals surface area contributed by atoms with Gasteiger partial charge >= 0.3 is 0 Å². The Hall–Kier alpha value is -1.35. The predicted molar refractivity (Wildman–Crippen MR) is 64.3 cm³/mol. The van der Waals surface area contributed by atoms with E-state index in [4.69, 9.17) is 5.73 Å². The molecular weight excluding hydrogens is 200 g/mol. The summed E-state index contributed by atoms with van der Waals surface area (Å²) in [6.07, 6.45) is 2.88. The van der Waals surface area contributed by atoms with E-state index >= 15 is 0 Å². The lowest BCUT2D eigenvalue weighted by Gasteiger charge is -2.16. The molecule has 0 aromatic heterocycles. The molecular formula is C13H18N2O. The van der Waals surface area contributed by atoms with Crippen LogP contribution in [0.15, 0.2) is 24.3 Å². The van der Waals surface area contributed by atoms with E-state index in [-0.39, 0.29) is 11.4 Å². The van der Waals surface area contributed by atoms with E-state index < -0.39 is 0 Å². The predicted octanol–water partition coefficient (Wildman–Crippen LogP) is 1.47. The molecule has 2 rings (SSSR count). The van der Waals surface area contributed by atoms with Crippen molar-refractivity contribution in [2.75, 3.05) is 6.54 Å². The van der Waals surface area contributed by atoms with Crippen LogP contribution in [0.1, 0.15) is 35.7 Å². The number of amides is 1. The Bertz CT molecular complexity index is 397. The van der Waals surface area contributed by atoms with Crippen molar-refractivity contribution in [1.29, 1.82) is 0 Å². The maximum atomic E-state index is 12.1. The molecule has 0 radical (unpaired) electrons. The lowest BCUT2D eigenvalue weighted by molar-refractivity contribution is 0.0932. The zero-order valence-corrected chi connectivity index (χ0v) is 9.62. The van der Waals surface area contributed by atoms with Gasteiger partial charge in [0.1, 0.15) is 0 Å². The second-order valence-corrected chi connectivity index (χ2v) is 4.45. The summed E-state index contributed by atoms with van der Waals surface area (Å²) in [4.78, 5) is 12.1. The molecule has 1 aliphatic rings. The summed E-state index contributed by atoms with van der Waals surface area (Å²) < 4.78 is 0. The molecule has 0 spiro atoms. The van der Waals surface area contributed by atoms with Crippen LogP contribution < -0.4 is 11.1 Å². The highest BCUT2D eigenvalue weighted by Crippen LogP contribution is 2.34. The fraction of sp³-hybridized carbons (Fsp3) is 0.462. The highest BCUT2D eigenvalue weighted by Gasteiger charge is 2.42. The number of rotatable bonds is 4. The first kappa shape index (κ1) is 11.1. The van der Waals surface area contributed by atoms with E-state index in [1.165, 1.54) is 0 Å². The second-order valence-electron chi connectivity index (χ2n) is 4.45. The average Bonchev–Trinajstić information content (AvgIpc) is 3.09. The van der Waals surface area contributed by atoms with Crippen LogP contribution in [0.2, 0.25) is 0 Å². The molecule has 0 heterocycles. The number of hydrogen-bond acceptors (Lipinski definition) is 2. The number of aryl methyl sites for hydroxylation is 1. The van der Waals surface area contributed by atoms with Crippen LogP contribution >= 0.6 is 0 Å². The number of carbonyl (C=O) groups excluding carboxylic acids is 1. The van der Waals surface area contributed by atoms with E-state index in [9.17, 15) is 4.79 Å². The molecule has 1 aromatic rings. The van der Waals surface area contributed by atoms with E-state index in [2.05, 4.69) is 12.2 Å². The summed E-state index contributed by atoms with van der Waals surface area (Å²) in [5.41, 5.74) is 7.41. The van der Waals surface area contributed by atoms with Gasteiger partial charge in [-0.05, 0) is 30.9 Å². The van der Waals surface area contributed by atoms with Gasteiger partial charge in [-0.15, -0.1) is 0 Å². The second kappa shape index (κ2) is 4.26. The quantitative estimate of drug-likeness (QED) is 0.804. The summed E-state index contributed by atoms with van der Waals surface area (Å²) >= 11 is 0. The lowest BCUT2D eigenvalue weighted by atomic mass is 10.0. The first-order valence-electron chi connectivity index (χ1n) is 5.81. The van der Waals surface area contributed by atoms with Crippen LogP contribution in [0.25, 0.3) is 0 Å². The van der Waals surface area contributed by atoms with Gasteiger partial charge in [-0.2, -0.15) is 0 Å². The van der Waals surface area contributed by atoms with Crippen LogP contribution in [-0.2, 0) is 6.42 Å². The smallest absolute Gasteiger partial charge is 0.252 e. The standard InChI is InChI=1S/C13H18N2O/c1-2-10-5-3-4-6-11(10)12(16)15-13(9-14)7-8-13/h3-6H,2,7-9,14H2,1H3,(H,15,16). The van der Waals surface area contributed by atoms with Crippen molar-refractivity contribution in [3.63, 3.8) is 0 Å². The minimum Gasteiger partial charge on any atom is -0.345 e. The van der Waals surface area contributed by atoms with Gasteiger partial charge in [0.05, 0.1) is 5.54 Å². The van der Waals surface area contributed by atoms with Crippen molar-refractivity contribution < 1.29 is 4.79 Å². The molecule has 1 fully saturated rings. The van der Waals surface area contributed by atoms with Crippen LogP contribution in [0.4, 0.5) is 0 Å². The van der Waals surface area contributed by atoms with Crippen molar-refractivity contribution in [1.82, 2.24) is 5.32 Å². The third kappa shape index (κ3) is 2.09. The SMILES string of the molecule is CCc1ccccc1C(=O)NC1(CN)CC1. The highest BCUT2D eigenvalue weighted by molar-refractivity contribution is 5.96. The first-order valence-corrected chi connectivity index (χ1v) is 5.81. The van der Waals surface area contributed by atoms with Gasteiger partial charge in [0.2, 0.25) is 0 Å². The summed E-state index contributed by atoms with van der Waals surface area (Å²) in [6, 6.07) is 7.74. The Morgan fingerprint density at radius 1 is 1.44 bits per heavy atom. The zero-order valence-electron chi connectivity index (χ0n) is 9.62. The fourth-order valence-electron chi connectivity index (χ4n) is 1.89. The minimum absolute atomic E-state index is 0.0143. The fourth-order valence-corrected chi connectivity index (χ4v) is 1.89. The van der Waals surface area contributed by atoms with Crippen molar-refractivity contribution in [3.8, 4) is 0 Å². The number of nitrogens with one attached hydrogen (secondary N) is 1. The van der Waals surface area contributed by atoms with Gasteiger partial charge < -0.3 is 11.1 Å². The van der Waals surface area contributed by atoms with Crippen molar-refractivity contribution in [2.45, 2.75) is 31.7 Å². The summed E-state index contributed by atoms with van der Waals surface area (Å²) in [5, 5.41) is 3.04. The third-order valence-corrected chi connectivity index (χ3v) is 3.27. The Kier molecular flexibility index (Phi) is 2.97. The van der Waals surface area contributed by atoms with Crippen LogP contribution in [0, 0.1) is 0 Å². The maximum Gasteiger partial charge on any atom is 0.252 e. The highest BCUT2D eigenvalue weighted by atomic mass is 16.1. The zero-order chi connectivity index (χ0) is 11.6. The summed E-state index contributed by atoms with van der Waals surface area (Å²) in [6.45, 7) is 2.59. The maximum absolute atomic E-state index is 12.1. The van der Waals surface area contributed by atoms with Crippen molar-refractivity contribution in [2.24, 2.45) is 5.73 Å². The summed E-state index contributed by atoms with van der Waals surface area (Å²) in [5.74, 6) is 0.0143. The molecule has 3 nitrogen and oxygen atoms in total. The molecule has 3 heteroatoms. The summed E-state index contributed by atoms with van der Waals surface area (Å²) in [7, 11) is 0. The Balaban J connectivity index is 2.14. The molecule has 86 valence electrons. The van der Waals surface area contributed by atoms with Gasteiger partial charge in [0, 0.05) is 12.1 Å². The van der Waals surface area contributed by atoms with Crippen LogP contribution in [-0.4, -0.2) is 18.0 Å². The molecule has 16 heavy (non-hydrogen) atoms. The molecule has 1 aromatic carbocycles. The molecule has 0 unspecified atom stereocenters. The van der Waals surface area contributed by atoms with E-state index in [0.717, 1.165) is 30.4 Å². The van der Waals surface area contributed by atoms with Gasteiger partial charge in [0.15, 0.2) is 0 Å². The monoisotopic (exact) mass is 218 g/mol. The molecule has 1 saturated carbocycles. The van der Waals surface area contributed by atoms with E-state index in [1.807, 2.05) is 24.3 Å². The normalized spacial score (nSPS) is 16.9. The Labute approximate surface area is 96.0 Å². The number of benzene rings is 1. The van der Waals surface area contributed by atoms with Crippen molar-refractivity contribution >= 4 is 5.91 Å². The van der Waals surface area contributed by atoms with E-state index in [1.54, 1.807) is 0 Å². The van der Waals surface area contributed by atoms with Gasteiger partial charge in [-0.3, -0.25) is 4.79 Å². The lowest BCUT2D eigenvalue weighted by Crippen LogP contribution is -2.42. The van der Waals surface area contributed by atoms with Gasteiger partial charge in [0.25, 0.3) is 5.91 Å².